The number of halogens is 1. The predicted octanol–water partition coefficient (Wildman–Crippen LogP) is 2.51. The number of benzene rings is 1. The van der Waals surface area contributed by atoms with E-state index in [1.54, 1.807) is 0 Å². The van der Waals surface area contributed by atoms with Crippen molar-refractivity contribution >= 4 is 33.7 Å². The van der Waals surface area contributed by atoms with Gasteiger partial charge in [-0.15, -0.1) is 0 Å². The molecule has 2 N–H and O–H groups in total. The van der Waals surface area contributed by atoms with Crippen LogP contribution in [-0.2, 0) is 14.8 Å². The van der Waals surface area contributed by atoms with E-state index in [0.717, 1.165) is 18.9 Å². The molecule has 1 saturated carbocycles. The zero-order valence-corrected chi connectivity index (χ0v) is 13.0. The largest absolute Gasteiger partial charge is 0.478 e. The minimum absolute atomic E-state index is 0.0104. The van der Waals surface area contributed by atoms with Gasteiger partial charge in [-0.25, -0.2) is 17.9 Å². The fourth-order valence-corrected chi connectivity index (χ4v) is 4.10. The fourth-order valence-electron chi connectivity index (χ4n) is 2.29. The lowest BCUT2D eigenvalue weighted by molar-refractivity contribution is -0.131. The van der Waals surface area contributed by atoms with Crippen molar-refractivity contribution in [3.63, 3.8) is 0 Å². The summed E-state index contributed by atoms with van der Waals surface area (Å²) in [5.41, 5.74) is 0.526. The number of carboxylic acid groups (broad SMARTS) is 1. The molecule has 1 fully saturated rings. The molecule has 0 amide bonds. The summed E-state index contributed by atoms with van der Waals surface area (Å²) in [6.07, 6.45) is 3.98. The van der Waals surface area contributed by atoms with Crippen molar-refractivity contribution in [2.45, 2.75) is 30.7 Å². The monoisotopic (exact) mass is 329 g/mol. The number of rotatable bonds is 5. The van der Waals surface area contributed by atoms with Gasteiger partial charge in [0.25, 0.3) is 0 Å². The molecule has 0 bridgehead atoms. The van der Waals surface area contributed by atoms with Crippen molar-refractivity contribution < 1.29 is 18.3 Å². The molecular weight excluding hydrogens is 314 g/mol. The normalized spacial score (nSPS) is 22.2. The third-order valence-electron chi connectivity index (χ3n) is 3.36. The van der Waals surface area contributed by atoms with Crippen LogP contribution in [0.1, 0.15) is 25.3 Å². The van der Waals surface area contributed by atoms with Crippen molar-refractivity contribution in [1.29, 1.82) is 0 Å². The molecule has 0 aliphatic heterocycles. The van der Waals surface area contributed by atoms with Gasteiger partial charge in [-0.05, 0) is 42.5 Å². The topological polar surface area (TPSA) is 83.5 Å². The van der Waals surface area contributed by atoms with Gasteiger partial charge in [0, 0.05) is 12.1 Å². The van der Waals surface area contributed by atoms with E-state index in [9.17, 15) is 13.2 Å². The molecule has 0 spiro atoms. The van der Waals surface area contributed by atoms with Gasteiger partial charge in [-0.1, -0.05) is 24.6 Å². The Labute approximate surface area is 128 Å². The number of carbonyl (C=O) groups is 1. The molecule has 5 nitrogen and oxygen atoms in total. The van der Waals surface area contributed by atoms with Gasteiger partial charge in [-0.2, -0.15) is 0 Å². The maximum absolute atomic E-state index is 12.2. The van der Waals surface area contributed by atoms with Gasteiger partial charge in [-0.3, -0.25) is 0 Å². The average molecular weight is 330 g/mol. The molecule has 0 heterocycles. The molecule has 114 valence electrons. The maximum atomic E-state index is 12.2. The molecule has 0 saturated heterocycles. The van der Waals surface area contributed by atoms with Crippen LogP contribution < -0.4 is 4.72 Å². The van der Waals surface area contributed by atoms with E-state index in [2.05, 4.69) is 11.6 Å². The van der Waals surface area contributed by atoms with E-state index in [-0.39, 0.29) is 16.0 Å². The molecule has 0 unspecified atom stereocenters. The first kappa shape index (κ1) is 16.0. The van der Waals surface area contributed by atoms with E-state index < -0.39 is 16.0 Å². The molecule has 0 atom stereocenters. The highest BCUT2D eigenvalue weighted by molar-refractivity contribution is 7.89. The smallest absolute Gasteiger partial charge is 0.328 e. The lowest BCUT2D eigenvalue weighted by Gasteiger charge is -2.32. The zero-order valence-electron chi connectivity index (χ0n) is 11.4. The molecule has 2 rings (SSSR count). The fraction of sp³-hybridized carbons (Fsp3) is 0.357. The summed E-state index contributed by atoms with van der Waals surface area (Å²) in [6.45, 7) is 2.07. The Morgan fingerprint density at radius 3 is 2.62 bits per heavy atom. The Balaban J connectivity index is 2.18. The van der Waals surface area contributed by atoms with Crippen LogP contribution in [-0.4, -0.2) is 25.5 Å². The van der Waals surface area contributed by atoms with E-state index in [4.69, 9.17) is 16.7 Å². The Kier molecular flexibility index (Phi) is 4.70. The lowest BCUT2D eigenvalue weighted by atomic mass is 9.83. The quantitative estimate of drug-likeness (QED) is 0.813. The predicted molar refractivity (Wildman–Crippen MR) is 80.6 cm³/mol. The van der Waals surface area contributed by atoms with Gasteiger partial charge in [0.1, 0.15) is 4.90 Å². The van der Waals surface area contributed by atoms with Crippen molar-refractivity contribution in [3.05, 3.63) is 34.9 Å². The molecule has 1 aromatic rings. The number of carboxylic acids is 1. The van der Waals surface area contributed by atoms with E-state index >= 15 is 0 Å². The van der Waals surface area contributed by atoms with Gasteiger partial charge in [0.05, 0.1) is 5.02 Å². The Morgan fingerprint density at radius 2 is 2.10 bits per heavy atom. The van der Waals surface area contributed by atoms with E-state index in [0.29, 0.717) is 11.5 Å². The van der Waals surface area contributed by atoms with Crippen molar-refractivity contribution in [2.24, 2.45) is 5.92 Å². The van der Waals surface area contributed by atoms with Gasteiger partial charge < -0.3 is 5.11 Å². The van der Waals surface area contributed by atoms with E-state index in [1.807, 2.05) is 0 Å². The summed E-state index contributed by atoms with van der Waals surface area (Å²) in [6, 6.07) is 4.30. The highest BCUT2D eigenvalue weighted by Crippen LogP contribution is 2.29. The summed E-state index contributed by atoms with van der Waals surface area (Å²) < 4.78 is 27.1. The zero-order chi connectivity index (χ0) is 15.6. The molecule has 0 radical (unpaired) electrons. The standard InChI is InChI=1S/C14H16ClNO4S/c1-9-6-11(7-9)16-21(19,20)13-4-2-10(8-12(13)15)3-5-14(17)18/h2-5,8-9,11,16H,6-7H2,1H3,(H,17,18)/b5-3+. The highest BCUT2D eigenvalue weighted by Gasteiger charge is 2.30. The van der Waals surface area contributed by atoms with Crippen molar-refractivity contribution in [3.8, 4) is 0 Å². The summed E-state index contributed by atoms with van der Waals surface area (Å²) in [5.74, 6) is -0.541. The van der Waals surface area contributed by atoms with Crippen LogP contribution in [0.25, 0.3) is 6.08 Å². The van der Waals surface area contributed by atoms with Crippen molar-refractivity contribution in [2.75, 3.05) is 0 Å². The third-order valence-corrected chi connectivity index (χ3v) is 5.36. The second-order valence-electron chi connectivity index (χ2n) is 5.26. The Morgan fingerprint density at radius 1 is 1.43 bits per heavy atom. The lowest BCUT2D eigenvalue weighted by Crippen LogP contribution is -2.43. The van der Waals surface area contributed by atoms with Gasteiger partial charge in [0.15, 0.2) is 0 Å². The molecular formula is C14H16ClNO4S. The minimum Gasteiger partial charge on any atom is -0.478 e. The number of hydrogen-bond acceptors (Lipinski definition) is 3. The van der Waals surface area contributed by atoms with Crippen LogP contribution in [0.2, 0.25) is 5.02 Å². The second-order valence-corrected chi connectivity index (χ2v) is 7.35. The summed E-state index contributed by atoms with van der Waals surface area (Å²) in [4.78, 5) is 10.5. The molecule has 0 aromatic heterocycles. The number of nitrogens with one attached hydrogen (secondary N) is 1. The number of sulfonamides is 1. The summed E-state index contributed by atoms with van der Waals surface area (Å²) in [5, 5.41) is 8.63. The van der Waals surface area contributed by atoms with Gasteiger partial charge in [0.2, 0.25) is 10.0 Å². The Hall–Kier alpha value is -1.37. The maximum Gasteiger partial charge on any atom is 0.328 e. The van der Waals surface area contributed by atoms with Crippen LogP contribution in [0.5, 0.6) is 0 Å². The highest BCUT2D eigenvalue weighted by atomic mass is 35.5. The molecule has 1 aliphatic rings. The third kappa shape index (κ3) is 4.06. The van der Waals surface area contributed by atoms with Crippen LogP contribution in [0, 0.1) is 5.92 Å². The molecule has 7 heteroatoms. The SMILES string of the molecule is CC1CC(NS(=O)(=O)c2ccc(/C=C/C(=O)O)cc2Cl)C1. The first-order valence-electron chi connectivity index (χ1n) is 6.51. The van der Waals surface area contributed by atoms with Crippen LogP contribution in [0.3, 0.4) is 0 Å². The van der Waals surface area contributed by atoms with Gasteiger partial charge >= 0.3 is 5.97 Å². The second kappa shape index (κ2) is 6.17. The average Bonchev–Trinajstić information content (AvgIpc) is 2.34. The van der Waals surface area contributed by atoms with Crippen LogP contribution >= 0.6 is 11.6 Å². The summed E-state index contributed by atoms with van der Waals surface area (Å²) >= 11 is 6.00. The first-order valence-corrected chi connectivity index (χ1v) is 8.37. The molecule has 1 aromatic carbocycles. The van der Waals surface area contributed by atoms with Crippen LogP contribution in [0.4, 0.5) is 0 Å². The minimum atomic E-state index is -3.64. The number of hydrogen-bond donors (Lipinski definition) is 2. The molecule has 1 aliphatic carbocycles. The van der Waals surface area contributed by atoms with Crippen LogP contribution in [0.15, 0.2) is 29.2 Å². The summed E-state index contributed by atoms with van der Waals surface area (Å²) in [7, 11) is -3.64. The Bertz CT molecular complexity index is 678. The van der Waals surface area contributed by atoms with Crippen molar-refractivity contribution in [1.82, 2.24) is 4.72 Å². The number of aliphatic carboxylic acids is 1. The first-order chi connectivity index (χ1) is 9.78. The molecule has 21 heavy (non-hydrogen) atoms. The van der Waals surface area contributed by atoms with E-state index in [1.165, 1.54) is 24.3 Å².